The van der Waals surface area contributed by atoms with E-state index in [9.17, 15) is 29.3 Å². The molecule has 2 N–H and O–H groups in total. The zero-order valence-corrected chi connectivity index (χ0v) is 19.3. The quantitative estimate of drug-likeness (QED) is 0.169. The van der Waals surface area contributed by atoms with Gasteiger partial charge in [0.05, 0.1) is 35.4 Å². The van der Waals surface area contributed by atoms with Gasteiger partial charge in [0.1, 0.15) is 5.70 Å². The molecule has 1 saturated heterocycles. The molecule has 4 rings (SSSR count). The maximum Gasteiger partial charge on any atom is 0.337 e. The number of imide groups is 1. The van der Waals surface area contributed by atoms with Crippen LogP contribution in [0, 0.1) is 10.1 Å². The van der Waals surface area contributed by atoms with Crippen LogP contribution in [-0.4, -0.2) is 44.6 Å². The minimum Gasteiger partial charge on any atom is -0.465 e. The number of esters is 1. The molecule has 2 heterocycles. The van der Waals surface area contributed by atoms with E-state index in [-0.39, 0.29) is 29.1 Å². The maximum absolute atomic E-state index is 13.1. The van der Waals surface area contributed by atoms with Crippen LogP contribution in [0.4, 0.5) is 10.5 Å². The van der Waals surface area contributed by atoms with Gasteiger partial charge >= 0.3 is 12.0 Å². The molecule has 0 aliphatic carbocycles. The number of amides is 3. The van der Waals surface area contributed by atoms with E-state index in [1.165, 1.54) is 48.2 Å². The number of aromatic amines is 1. The lowest BCUT2D eigenvalue weighted by molar-refractivity contribution is -0.384. The maximum atomic E-state index is 13.1. The summed E-state index contributed by atoms with van der Waals surface area (Å²) in [7, 11) is 1.25. The first kappa shape index (κ1) is 24.1. The summed E-state index contributed by atoms with van der Waals surface area (Å²) in [5, 5.41) is 16.3. The SMILES string of the molecule is CCc1[nH]n(-c2ccc([N+](=O)[O-])cc2)c(=O)c1C=C1NC(=O)N(Cc2cccc(C(=O)OC)c2)C1=O. The number of hydrogen-bond donors (Lipinski definition) is 2. The molecular weight excluding hydrogens is 470 g/mol. The molecule has 0 atom stereocenters. The molecule has 0 bridgehead atoms. The molecule has 1 aromatic heterocycles. The van der Waals surface area contributed by atoms with Crippen molar-refractivity contribution in [1.82, 2.24) is 20.0 Å². The highest BCUT2D eigenvalue weighted by Crippen LogP contribution is 2.20. The van der Waals surface area contributed by atoms with Crippen molar-refractivity contribution in [3.05, 3.63) is 97.1 Å². The van der Waals surface area contributed by atoms with Crippen molar-refractivity contribution in [2.75, 3.05) is 7.11 Å². The second kappa shape index (κ2) is 9.70. The molecule has 36 heavy (non-hydrogen) atoms. The normalized spacial score (nSPS) is 14.3. The number of aryl methyl sites for hydroxylation is 1. The Morgan fingerprint density at radius 3 is 2.50 bits per heavy atom. The van der Waals surface area contributed by atoms with E-state index in [0.29, 0.717) is 23.4 Å². The molecule has 0 spiro atoms. The van der Waals surface area contributed by atoms with Gasteiger partial charge < -0.3 is 10.1 Å². The summed E-state index contributed by atoms with van der Waals surface area (Å²) in [5.41, 5.74) is 1.20. The molecule has 12 nitrogen and oxygen atoms in total. The van der Waals surface area contributed by atoms with Crippen molar-refractivity contribution in [3.63, 3.8) is 0 Å². The Kier molecular flexibility index (Phi) is 6.50. The number of benzene rings is 2. The minimum atomic E-state index is -0.668. The monoisotopic (exact) mass is 491 g/mol. The molecule has 3 aromatic rings. The Bertz CT molecular complexity index is 1470. The predicted octanol–water partition coefficient (Wildman–Crippen LogP) is 2.52. The minimum absolute atomic E-state index is 0.0780. The largest absolute Gasteiger partial charge is 0.465 e. The van der Waals surface area contributed by atoms with E-state index in [2.05, 4.69) is 10.4 Å². The van der Waals surface area contributed by atoms with E-state index in [4.69, 9.17) is 4.74 Å². The van der Waals surface area contributed by atoms with Crippen LogP contribution in [-0.2, 0) is 22.5 Å². The van der Waals surface area contributed by atoms with Crippen molar-refractivity contribution < 1.29 is 24.0 Å². The van der Waals surface area contributed by atoms with E-state index >= 15 is 0 Å². The van der Waals surface area contributed by atoms with Gasteiger partial charge in [-0.2, -0.15) is 0 Å². The van der Waals surface area contributed by atoms with Crippen LogP contribution < -0.4 is 10.9 Å². The highest BCUT2D eigenvalue weighted by atomic mass is 16.6. The Morgan fingerprint density at radius 2 is 1.86 bits per heavy atom. The molecule has 0 saturated carbocycles. The molecule has 184 valence electrons. The van der Waals surface area contributed by atoms with Crippen LogP contribution in [0.15, 0.2) is 59.0 Å². The fourth-order valence-electron chi connectivity index (χ4n) is 3.78. The first-order valence-electron chi connectivity index (χ1n) is 10.8. The number of aromatic nitrogens is 2. The predicted molar refractivity (Wildman–Crippen MR) is 127 cm³/mol. The number of carbonyl (C=O) groups is 3. The summed E-state index contributed by atoms with van der Waals surface area (Å²) in [4.78, 5) is 61.7. The first-order chi connectivity index (χ1) is 17.2. The smallest absolute Gasteiger partial charge is 0.337 e. The van der Waals surface area contributed by atoms with Gasteiger partial charge in [-0.15, -0.1) is 0 Å². The number of ether oxygens (including phenoxy) is 1. The number of H-pyrrole nitrogens is 1. The van der Waals surface area contributed by atoms with Crippen LogP contribution in [0.3, 0.4) is 0 Å². The number of nitrogens with one attached hydrogen (secondary N) is 2. The van der Waals surface area contributed by atoms with Crippen LogP contribution in [0.5, 0.6) is 0 Å². The summed E-state index contributed by atoms with van der Waals surface area (Å²) in [5.74, 6) is -1.17. The number of urea groups is 1. The van der Waals surface area contributed by atoms with Crippen molar-refractivity contribution in [2.45, 2.75) is 19.9 Å². The number of carbonyl (C=O) groups excluding carboxylic acids is 3. The van der Waals surface area contributed by atoms with Gasteiger partial charge in [0.15, 0.2) is 0 Å². The van der Waals surface area contributed by atoms with Crippen molar-refractivity contribution in [2.24, 2.45) is 0 Å². The Balaban J connectivity index is 1.63. The van der Waals surface area contributed by atoms with E-state index < -0.39 is 28.4 Å². The average molecular weight is 491 g/mol. The van der Waals surface area contributed by atoms with Crippen LogP contribution in [0.25, 0.3) is 11.8 Å². The molecule has 12 heteroatoms. The first-order valence-corrected chi connectivity index (χ1v) is 10.8. The van der Waals surface area contributed by atoms with Gasteiger partial charge in [-0.3, -0.25) is 29.7 Å². The third-order valence-corrected chi connectivity index (χ3v) is 5.62. The fourth-order valence-corrected chi connectivity index (χ4v) is 3.78. The second-order valence-electron chi connectivity index (χ2n) is 7.84. The van der Waals surface area contributed by atoms with Gasteiger partial charge in [-0.25, -0.2) is 14.3 Å². The highest BCUT2D eigenvalue weighted by Gasteiger charge is 2.34. The van der Waals surface area contributed by atoms with Crippen molar-refractivity contribution in [1.29, 1.82) is 0 Å². The zero-order valence-electron chi connectivity index (χ0n) is 19.3. The molecule has 1 aliphatic heterocycles. The Labute approximate surface area is 203 Å². The summed E-state index contributed by atoms with van der Waals surface area (Å²) < 4.78 is 5.91. The highest BCUT2D eigenvalue weighted by molar-refractivity contribution is 6.14. The standard InChI is InChI=1S/C24H21N5O7/c1-3-19-18(21(30)28(26-19)16-7-9-17(10-8-16)29(34)35)12-20-22(31)27(24(33)25-20)13-14-5-4-6-15(11-14)23(32)36-2/h4-12,26H,3,13H2,1-2H3,(H,25,33). The number of methoxy groups -OCH3 is 1. The van der Waals surface area contributed by atoms with Crippen LogP contribution in [0.2, 0.25) is 0 Å². The van der Waals surface area contributed by atoms with E-state index in [0.717, 1.165) is 4.90 Å². The van der Waals surface area contributed by atoms with Crippen molar-refractivity contribution in [3.8, 4) is 5.69 Å². The fraction of sp³-hybridized carbons (Fsp3) is 0.167. The van der Waals surface area contributed by atoms with Gasteiger partial charge in [-0.05, 0) is 42.3 Å². The lowest BCUT2D eigenvalue weighted by atomic mass is 10.1. The molecule has 2 aromatic carbocycles. The number of hydrogen-bond acceptors (Lipinski definition) is 7. The lowest BCUT2D eigenvalue weighted by Gasteiger charge is -2.12. The number of nitrogens with zero attached hydrogens (tertiary/aromatic N) is 3. The molecule has 0 radical (unpaired) electrons. The number of non-ortho nitro benzene ring substituents is 1. The molecule has 3 amide bonds. The molecule has 0 unspecified atom stereocenters. The van der Waals surface area contributed by atoms with Crippen LogP contribution >= 0.6 is 0 Å². The third-order valence-electron chi connectivity index (χ3n) is 5.62. The Hall–Kier alpha value is -5.00. The van der Waals surface area contributed by atoms with Gasteiger partial charge in [0.2, 0.25) is 0 Å². The summed E-state index contributed by atoms with van der Waals surface area (Å²) in [6.45, 7) is 1.72. The van der Waals surface area contributed by atoms with Crippen molar-refractivity contribution >= 4 is 29.7 Å². The van der Waals surface area contributed by atoms with Crippen LogP contribution in [0.1, 0.15) is 34.1 Å². The van der Waals surface area contributed by atoms with Gasteiger partial charge in [-0.1, -0.05) is 19.1 Å². The lowest BCUT2D eigenvalue weighted by Crippen LogP contribution is -2.30. The topological polar surface area (TPSA) is 157 Å². The van der Waals surface area contributed by atoms with Gasteiger partial charge in [0, 0.05) is 17.8 Å². The summed E-state index contributed by atoms with van der Waals surface area (Å²) in [6.07, 6.45) is 1.73. The number of rotatable bonds is 7. The molecule has 1 aliphatic rings. The zero-order chi connectivity index (χ0) is 26.0. The van der Waals surface area contributed by atoms with Gasteiger partial charge in [0.25, 0.3) is 17.2 Å². The summed E-state index contributed by atoms with van der Waals surface area (Å²) >= 11 is 0. The second-order valence-corrected chi connectivity index (χ2v) is 7.84. The van der Waals surface area contributed by atoms with E-state index in [1.807, 2.05) is 6.92 Å². The Morgan fingerprint density at radius 1 is 1.14 bits per heavy atom. The summed E-state index contributed by atoms with van der Waals surface area (Å²) in [6, 6.07) is 11.1. The molecule has 1 fully saturated rings. The average Bonchev–Trinajstić information content (AvgIpc) is 3.34. The number of nitro groups is 1. The molecular formula is C24H21N5O7. The van der Waals surface area contributed by atoms with E-state index in [1.54, 1.807) is 18.2 Å². The number of nitro benzene ring substituents is 1. The third kappa shape index (κ3) is 4.51.